The van der Waals surface area contributed by atoms with Crippen molar-refractivity contribution in [3.63, 3.8) is 0 Å². The number of carboxylic acids is 1. The molecule has 2 aromatic carbocycles. The molecule has 2 aromatic rings. The van der Waals surface area contributed by atoms with Gasteiger partial charge in [0.25, 0.3) is 0 Å². The molecule has 1 saturated heterocycles. The summed E-state index contributed by atoms with van der Waals surface area (Å²) in [5.41, 5.74) is 1.79. The Bertz CT molecular complexity index is 795. The second-order valence-corrected chi connectivity index (χ2v) is 6.74. The van der Waals surface area contributed by atoms with Crippen molar-refractivity contribution >= 4 is 17.6 Å². The number of hydrogen-bond acceptors (Lipinski definition) is 4. The van der Waals surface area contributed by atoms with Gasteiger partial charge < -0.3 is 14.6 Å². The third-order valence-corrected chi connectivity index (χ3v) is 5.04. The number of rotatable bonds is 6. The molecule has 0 aliphatic carbocycles. The van der Waals surface area contributed by atoms with Crippen LogP contribution in [-0.4, -0.2) is 42.8 Å². The van der Waals surface area contributed by atoms with E-state index in [-0.39, 0.29) is 6.04 Å². The zero-order valence-electron chi connectivity index (χ0n) is 14.8. The first-order valence-electron chi connectivity index (χ1n) is 8.51. The van der Waals surface area contributed by atoms with Crippen LogP contribution in [-0.2, 0) is 4.79 Å². The van der Waals surface area contributed by atoms with Crippen molar-refractivity contribution in [3.8, 4) is 11.5 Å². The highest BCUT2D eigenvalue weighted by molar-refractivity contribution is 6.30. The van der Waals surface area contributed by atoms with Gasteiger partial charge in [0, 0.05) is 17.1 Å². The lowest BCUT2D eigenvalue weighted by molar-refractivity contribution is -0.142. The van der Waals surface area contributed by atoms with Crippen LogP contribution in [0.1, 0.15) is 30.0 Å². The van der Waals surface area contributed by atoms with Crippen molar-refractivity contribution in [3.05, 3.63) is 58.6 Å². The molecule has 1 fully saturated rings. The van der Waals surface area contributed by atoms with E-state index in [1.165, 1.54) is 0 Å². The Morgan fingerprint density at radius 1 is 1.23 bits per heavy atom. The van der Waals surface area contributed by atoms with Crippen LogP contribution in [0, 0.1) is 0 Å². The van der Waals surface area contributed by atoms with Crippen LogP contribution in [0.3, 0.4) is 0 Å². The van der Waals surface area contributed by atoms with E-state index in [0.29, 0.717) is 29.5 Å². The highest BCUT2D eigenvalue weighted by atomic mass is 35.5. The topological polar surface area (TPSA) is 59.0 Å². The molecule has 0 spiro atoms. The summed E-state index contributed by atoms with van der Waals surface area (Å²) in [5.74, 6) is 0.571. The van der Waals surface area contributed by atoms with Gasteiger partial charge in [0.15, 0.2) is 0 Å². The van der Waals surface area contributed by atoms with Crippen LogP contribution in [0.15, 0.2) is 42.5 Å². The van der Waals surface area contributed by atoms with Crippen molar-refractivity contribution in [2.24, 2.45) is 0 Å². The number of hydrogen-bond donors (Lipinski definition) is 1. The van der Waals surface area contributed by atoms with E-state index in [1.54, 1.807) is 14.2 Å². The third-order valence-electron chi connectivity index (χ3n) is 4.81. The van der Waals surface area contributed by atoms with Gasteiger partial charge in [-0.15, -0.1) is 0 Å². The molecule has 0 amide bonds. The highest BCUT2D eigenvalue weighted by Crippen LogP contribution is 2.41. The summed E-state index contributed by atoms with van der Waals surface area (Å²) < 4.78 is 11.0. The van der Waals surface area contributed by atoms with Crippen molar-refractivity contribution in [2.45, 2.75) is 24.9 Å². The number of ether oxygens (including phenoxy) is 2. The van der Waals surface area contributed by atoms with Crippen LogP contribution in [0.4, 0.5) is 0 Å². The van der Waals surface area contributed by atoms with E-state index in [9.17, 15) is 9.90 Å². The molecule has 1 N–H and O–H groups in total. The van der Waals surface area contributed by atoms with E-state index in [4.69, 9.17) is 21.1 Å². The standard InChI is InChI=1S/C20H22ClNO4/c1-25-15-8-9-18(26-2)16(12-15)19(13-5-3-6-14(21)11-13)22-10-4-7-17(22)20(23)24/h3,5-6,8-9,11-12,17,19H,4,7,10H2,1-2H3,(H,23,24). The first-order valence-corrected chi connectivity index (χ1v) is 8.89. The van der Waals surface area contributed by atoms with Crippen LogP contribution in [0.2, 0.25) is 5.02 Å². The Kier molecular flexibility index (Phi) is 5.69. The van der Waals surface area contributed by atoms with E-state index < -0.39 is 12.0 Å². The van der Waals surface area contributed by atoms with E-state index in [0.717, 1.165) is 17.5 Å². The lowest BCUT2D eigenvalue weighted by Gasteiger charge is -2.33. The van der Waals surface area contributed by atoms with Crippen LogP contribution in [0.5, 0.6) is 11.5 Å². The van der Waals surface area contributed by atoms with Crippen molar-refractivity contribution in [1.82, 2.24) is 4.90 Å². The molecule has 1 heterocycles. The Morgan fingerprint density at radius 3 is 2.69 bits per heavy atom. The first-order chi connectivity index (χ1) is 12.5. The highest BCUT2D eigenvalue weighted by Gasteiger charge is 2.38. The molecule has 26 heavy (non-hydrogen) atoms. The SMILES string of the molecule is COc1ccc(OC)c(C(c2cccc(Cl)c2)N2CCCC2C(=O)O)c1. The maximum absolute atomic E-state index is 11.8. The Labute approximate surface area is 158 Å². The summed E-state index contributed by atoms with van der Waals surface area (Å²) in [5, 5.41) is 10.3. The van der Waals surface area contributed by atoms with Gasteiger partial charge in [-0.05, 0) is 48.7 Å². The smallest absolute Gasteiger partial charge is 0.320 e. The number of aliphatic carboxylic acids is 1. The van der Waals surface area contributed by atoms with Crippen LogP contribution in [0.25, 0.3) is 0 Å². The minimum absolute atomic E-state index is 0.289. The van der Waals surface area contributed by atoms with E-state index in [2.05, 4.69) is 0 Å². The molecule has 0 aromatic heterocycles. The molecule has 138 valence electrons. The summed E-state index contributed by atoms with van der Waals surface area (Å²) in [7, 11) is 3.22. The molecule has 5 nitrogen and oxygen atoms in total. The maximum atomic E-state index is 11.8. The lowest BCUT2D eigenvalue weighted by Crippen LogP contribution is -2.39. The quantitative estimate of drug-likeness (QED) is 0.827. The fourth-order valence-electron chi connectivity index (χ4n) is 3.64. The molecule has 1 aliphatic rings. The number of benzene rings is 2. The Balaban J connectivity index is 2.17. The second kappa shape index (κ2) is 7.98. The molecular weight excluding hydrogens is 354 g/mol. The Morgan fingerprint density at radius 2 is 2.04 bits per heavy atom. The first kappa shape index (κ1) is 18.5. The Hall–Kier alpha value is -2.24. The van der Waals surface area contributed by atoms with E-state index >= 15 is 0 Å². The fourth-order valence-corrected chi connectivity index (χ4v) is 3.84. The van der Waals surface area contributed by atoms with Crippen molar-refractivity contribution < 1.29 is 19.4 Å². The van der Waals surface area contributed by atoms with E-state index in [1.807, 2.05) is 47.4 Å². The van der Waals surface area contributed by atoms with Crippen LogP contribution >= 0.6 is 11.6 Å². The van der Waals surface area contributed by atoms with Gasteiger partial charge in [0.2, 0.25) is 0 Å². The molecule has 3 rings (SSSR count). The summed E-state index contributed by atoms with van der Waals surface area (Å²) in [4.78, 5) is 13.8. The molecule has 1 aliphatic heterocycles. The van der Waals surface area contributed by atoms with Gasteiger partial charge in [-0.25, -0.2) is 0 Å². The number of methoxy groups -OCH3 is 2. The van der Waals surface area contributed by atoms with Gasteiger partial charge in [0.1, 0.15) is 17.5 Å². The average molecular weight is 376 g/mol. The van der Waals surface area contributed by atoms with Gasteiger partial charge in [0.05, 0.1) is 20.3 Å². The number of nitrogens with zero attached hydrogens (tertiary/aromatic N) is 1. The predicted molar refractivity (Wildman–Crippen MR) is 100 cm³/mol. The normalized spacial score (nSPS) is 18.5. The maximum Gasteiger partial charge on any atom is 0.320 e. The zero-order valence-corrected chi connectivity index (χ0v) is 15.6. The minimum Gasteiger partial charge on any atom is -0.497 e. The summed E-state index contributed by atoms with van der Waals surface area (Å²) in [6.07, 6.45) is 1.46. The molecule has 6 heteroatoms. The second-order valence-electron chi connectivity index (χ2n) is 6.30. The summed E-state index contributed by atoms with van der Waals surface area (Å²) in [6, 6.07) is 12.3. The largest absolute Gasteiger partial charge is 0.497 e. The number of carbonyl (C=O) groups is 1. The van der Waals surface area contributed by atoms with Gasteiger partial charge in [-0.3, -0.25) is 9.69 Å². The lowest BCUT2D eigenvalue weighted by atomic mass is 9.95. The predicted octanol–water partition coefficient (Wildman–Crippen LogP) is 4.00. The number of halogens is 1. The van der Waals surface area contributed by atoms with Gasteiger partial charge in [-0.1, -0.05) is 23.7 Å². The molecule has 0 saturated carbocycles. The number of carboxylic acid groups (broad SMARTS) is 1. The summed E-state index contributed by atoms with van der Waals surface area (Å²) in [6.45, 7) is 0.689. The van der Waals surface area contributed by atoms with Gasteiger partial charge >= 0.3 is 5.97 Å². The zero-order chi connectivity index (χ0) is 18.7. The molecule has 2 unspecified atom stereocenters. The summed E-state index contributed by atoms with van der Waals surface area (Å²) >= 11 is 6.22. The van der Waals surface area contributed by atoms with Crippen molar-refractivity contribution in [2.75, 3.05) is 20.8 Å². The van der Waals surface area contributed by atoms with Crippen LogP contribution < -0.4 is 9.47 Å². The monoisotopic (exact) mass is 375 g/mol. The number of likely N-dealkylation sites (tertiary alicyclic amines) is 1. The van der Waals surface area contributed by atoms with Gasteiger partial charge in [-0.2, -0.15) is 0 Å². The van der Waals surface area contributed by atoms with Crippen molar-refractivity contribution in [1.29, 1.82) is 0 Å². The molecule has 0 bridgehead atoms. The third kappa shape index (κ3) is 3.64. The average Bonchev–Trinajstić information content (AvgIpc) is 3.11. The molecule has 2 atom stereocenters. The minimum atomic E-state index is -0.809. The molecule has 0 radical (unpaired) electrons. The molecular formula is C20H22ClNO4. The fraction of sp³-hybridized carbons (Fsp3) is 0.350.